The third-order valence-electron chi connectivity index (χ3n) is 5.86. The van der Waals surface area contributed by atoms with Crippen LogP contribution in [0.5, 0.6) is 11.5 Å². The molecule has 0 N–H and O–H groups in total. The van der Waals surface area contributed by atoms with Crippen molar-refractivity contribution in [1.29, 1.82) is 5.26 Å². The van der Waals surface area contributed by atoms with E-state index in [4.69, 9.17) is 16.3 Å². The number of benzene rings is 1. The van der Waals surface area contributed by atoms with E-state index in [0.29, 0.717) is 39.4 Å². The first-order valence-electron chi connectivity index (χ1n) is 11.6. The number of nitriles is 1. The monoisotopic (exact) mass is 518 g/mol. The first kappa shape index (κ1) is 26.1. The van der Waals surface area contributed by atoms with Crippen molar-refractivity contribution >= 4 is 28.5 Å². The molecule has 0 aliphatic rings. The molecule has 0 unspecified atom stereocenters. The molecule has 0 saturated heterocycles. The highest BCUT2D eigenvalue weighted by Crippen LogP contribution is 2.27. The van der Waals surface area contributed by atoms with Gasteiger partial charge in [0.1, 0.15) is 5.75 Å². The zero-order chi connectivity index (χ0) is 26.9. The van der Waals surface area contributed by atoms with Crippen LogP contribution in [0.25, 0.3) is 11.0 Å². The zero-order valence-corrected chi connectivity index (χ0v) is 22.1. The van der Waals surface area contributed by atoms with Crippen LogP contribution in [0.15, 0.2) is 53.6 Å². The number of aromatic nitrogens is 4. The van der Waals surface area contributed by atoms with Gasteiger partial charge in [-0.2, -0.15) is 15.0 Å². The summed E-state index contributed by atoms with van der Waals surface area (Å²) in [6.45, 7) is 6.13. The topological polar surface area (TPSA) is 106 Å². The van der Waals surface area contributed by atoms with Crippen LogP contribution >= 0.6 is 11.6 Å². The lowest BCUT2D eigenvalue weighted by molar-refractivity contribution is 0.0690. The van der Waals surface area contributed by atoms with E-state index in [0.717, 1.165) is 0 Å². The Morgan fingerprint density at radius 2 is 2.00 bits per heavy atom. The van der Waals surface area contributed by atoms with Gasteiger partial charge in [0.25, 0.3) is 11.5 Å². The third-order valence-corrected chi connectivity index (χ3v) is 6.08. The SMILES string of the molecule is Cc1ccn(Cc2nn(C(=O)C(C)(C)CN(C)C)c3ncccc23)c(=O)c1Oc1cc(Cl)cc(C#N)c1. The van der Waals surface area contributed by atoms with Gasteiger partial charge in [-0.3, -0.25) is 9.59 Å². The second-order valence-corrected chi connectivity index (χ2v) is 10.2. The number of hydrogen-bond acceptors (Lipinski definition) is 7. The smallest absolute Gasteiger partial charge is 0.294 e. The Labute approximate surface area is 219 Å². The predicted octanol–water partition coefficient (Wildman–Crippen LogP) is 4.50. The molecular formula is C27H27ClN6O3. The lowest BCUT2D eigenvalue weighted by Crippen LogP contribution is -2.39. The van der Waals surface area contributed by atoms with Crippen LogP contribution in [0.2, 0.25) is 5.02 Å². The molecular weight excluding hydrogens is 492 g/mol. The molecule has 0 aliphatic carbocycles. The van der Waals surface area contributed by atoms with Gasteiger partial charge < -0.3 is 14.2 Å². The minimum Gasteiger partial charge on any atom is -0.451 e. The van der Waals surface area contributed by atoms with E-state index in [1.54, 1.807) is 37.5 Å². The molecule has 0 amide bonds. The number of hydrogen-bond donors (Lipinski definition) is 0. The number of ether oxygens (including phenoxy) is 1. The van der Waals surface area contributed by atoms with Crippen molar-refractivity contribution in [2.45, 2.75) is 27.3 Å². The number of fused-ring (bicyclic) bond motifs is 1. The summed E-state index contributed by atoms with van der Waals surface area (Å²) in [5.74, 6) is 0.207. The minimum absolute atomic E-state index is 0.102. The van der Waals surface area contributed by atoms with Gasteiger partial charge in [-0.05, 0) is 76.8 Å². The summed E-state index contributed by atoms with van der Waals surface area (Å²) in [6, 6.07) is 12.0. The van der Waals surface area contributed by atoms with Crippen LogP contribution in [0.1, 0.15) is 35.5 Å². The highest BCUT2D eigenvalue weighted by atomic mass is 35.5. The number of pyridine rings is 2. The Kier molecular flexibility index (Phi) is 7.16. The Balaban J connectivity index is 1.73. The van der Waals surface area contributed by atoms with Gasteiger partial charge in [0, 0.05) is 29.3 Å². The number of halogens is 1. The highest BCUT2D eigenvalue weighted by molar-refractivity contribution is 6.30. The van der Waals surface area contributed by atoms with E-state index in [2.05, 4.69) is 10.1 Å². The average molecular weight is 519 g/mol. The lowest BCUT2D eigenvalue weighted by Gasteiger charge is -2.26. The zero-order valence-electron chi connectivity index (χ0n) is 21.3. The van der Waals surface area contributed by atoms with Crippen LogP contribution < -0.4 is 10.3 Å². The maximum Gasteiger partial charge on any atom is 0.294 e. The second kappa shape index (κ2) is 10.2. The molecule has 10 heteroatoms. The fourth-order valence-corrected chi connectivity index (χ4v) is 4.50. The average Bonchev–Trinajstić information content (AvgIpc) is 3.20. The number of rotatable bonds is 7. The Morgan fingerprint density at radius 3 is 2.70 bits per heavy atom. The summed E-state index contributed by atoms with van der Waals surface area (Å²) in [5.41, 5.74) is 0.819. The fraction of sp³-hybridized carbons (Fsp3) is 0.296. The predicted molar refractivity (Wildman–Crippen MR) is 141 cm³/mol. The van der Waals surface area contributed by atoms with Crippen molar-refractivity contribution < 1.29 is 9.53 Å². The van der Waals surface area contributed by atoms with Crippen molar-refractivity contribution in [1.82, 2.24) is 24.2 Å². The number of carbonyl (C=O) groups is 1. The molecule has 4 aromatic rings. The van der Waals surface area contributed by atoms with E-state index >= 15 is 0 Å². The number of nitrogens with zero attached hydrogens (tertiary/aromatic N) is 6. The quantitative estimate of drug-likeness (QED) is 0.354. The fourth-order valence-electron chi connectivity index (χ4n) is 4.27. The minimum atomic E-state index is -0.710. The molecule has 0 bridgehead atoms. The molecule has 0 radical (unpaired) electrons. The van der Waals surface area contributed by atoms with Crippen LogP contribution in [0, 0.1) is 23.7 Å². The molecule has 3 aromatic heterocycles. The highest BCUT2D eigenvalue weighted by Gasteiger charge is 2.32. The molecule has 0 spiro atoms. The molecule has 0 saturated carbocycles. The lowest BCUT2D eigenvalue weighted by atomic mass is 9.92. The van der Waals surface area contributed by atoms with Crippen LogP contribution in [-0.4, -0.2) is 50.8 Å². The van der Waals surface area contributed by atoms with Gasteiger partial charge in [-0.15, -0.1) is 0 Å². The van der Waals surface area contributed by atoms with Crippen molar-refractivity contribution in [3.63, 3.8) is 0 Å². The Hall–Kier alpha value is -4.00. The first-order chi connectivity index (χ1) is 17.5. The van der Waals surface area contributed by atoms with Gasteiger partial charge in [0.05, 0.1) is 29.3 Å². The van der Waals surface area contributed by atoms with E-state index in [-0.39, 0.29) is 29.5 Å². The van der Waals surface area contributed by atoms with E-state index < -0.39 is 5.41 Å². The third kappa shape index (κ3) is 5.40. The van der Waals surface area contributed by atoms with E-state index in [9.17, 15) is 14.9 Å². The maximum atomic E-state index is 13.4. The number of aryl methyl sites for hydroxylation is 1. The molecule has 37 heavy (non-hydrogen) atoms. The summed E-state index contributed by atoms with van der Waals surface area (Å²) < 4.78 is 8.69. The van der Waals surface area contributed by atoms with Crippen molar-refractivity contribution in [3.05, 3.63) is 81.0 Å². The Morgan fingerprint density at radius 1 is 1.24 bits per heavy atom. The summed E-state index contributed by atoms with van der Waals surface area (Å²) in [5, 5.41) is 14.8. The molecule has 4 rings (SSSR count). The summed E-state index contributed by atoms with van der Waals surface area (Å²) >= 11 is 6.10. The van der Waals surface area contributed by atoms with Crippen LogP contribution in [-0.2, 0) is 6.54 Å². The van der Waals surface area contributed by atoms with Crippen molar-refractivity contribution in [2.24, 2.45) is 5.41 Å². The summed E-state index contributed by atoms with van der Waals surface area (Å²) in [4.78, 5) is 33.2. The summed E-state index contributed by atoms with van der Waals surface area (Å²) in [7, 11) is 3.82. The standard InChI is InChI=1S/C27H27ClN6O3/c1-17-8-10-33(25(35)23(17)37-20-12-18(14-29)11-19(28)13-20)15-22-21-7-6-9-30-24(21)34(31-22)26(36)27(2,3)16-32(4)5/h6-13H,15-16H2,1-5H3. The maximum absolute atomic E-state index is 13.4. The molecule has 0 fully saturated rings. The molecule has 9 nitrogen and oxygen atoms in total. The number of carbonyl (C=O) groups excluding carboxylic acids is 1. The van der Waals surface area contributed by atoms with Crippen LogP contribution in [0.3, 0.4) is 0 Å². The molecule has 3 heterocycles. The largest absolute Gasteiger partial charge is 0.451 e. The van der Waals surface area contributed by atoms with E-state index in [1.165, 1.54) is 21.4 Å². The summed E-state index contributed by atoms with van der Waals surface area (Å²) in [6.07, 6.45) is 3.27. The van der Waals surface area contributed by atoms with Gasteiger partial charge in [0.2, 0.25) is 0 Å². The molecule has 0 atom stereocenters. The van der Waals surface area contributed by atoms with Gasteiger partial charge >= 0.3 is 0 Å². The van der Waals surface area contributed by atoms with Gasteiger partial charge in [-0.25, -0.2) is 4.98 Å². The molecule has 1 aromatic carbocycles. The van der Waals surface area contributed by atoms with Gasteiger partial charge in [-0.1, -0.05) is 11.6 Å². The normalized spacial score (nSPS) is 11.6. The van der Waals surface area contributed by atoms with E-state index in [1.807, 2.05) is 45.0 Å². The Bertz CT molecular complexity index is 1600. The van der Waals surface area contributed by atoms with Crippen molar-refractivity contribution in [3.8, 4) is 17.6 Å². The van der Waals surface area contributed by atoms with Crippen LogP contribution in [0.4, 0.5) is 0 Å². The van der Waals surface area contributed by atoms with Crippen molar-refractivity contribution in [2.75, 3.05) is 20.6 Å². The second-order valence-electron chi connectivity index (χ2n) is 9.81. The first-order valence-corrected chi connectivity index (χ1v) is 12.0. The van der Waals surface area contributed by atoms with Gasteiger partial charge in [0.15, 0.2) is 11.4 Å². The molecule has 0 aliphatic heterocycles. The molecule has 190 valence electrons.